The van der Waals surface area contributed by atoms with Crippen molar-refractivity contribution in [3.05, 3.63) is 95.0 Å². The summed E-state index contributed by atoms with van der Waals surface area (Å²) in [5.74, 6) is 0.166. The van der Waals surface area contributed by atoms with Crippen molar-refractivity contribution < 1.29 is 17.9 Å². The van der Waals surface area contributed by atoms with Crippen LogP contribution in [0.25, 0.3) is 0 Å². The Kier molecular flexibility index (Phi) is 7.55. The van der Waals surface area contributed by atoms with Crippen LogP contribution in [-0.2, 0) is 28.0 Å². The van der Waals surface area contributed by atoms with Gasteiger partial charge in [0.15, 0.2) is 0 Å². The Morgan fingerprint density at radius 1 is 0.968 bits per heavy atom. The first-order valence-electron chi connectivity index (χ1n) is 9.57. The van der Waals surface area contributed by atoms with Gasteiger partial charge < -0.3 is 10.1 Å². The maximum absolute atomic E-state index is 12.4. The molecule has 3 aromatic rings. The highest BCUT2D eigenvalue weighted by molar-refractivity contribution is 7.92. The van der Waals surface area contributed by atoms with E-state index >= 15 is 0 Å². The van der Waals surface area contributed by atoms with Gasteiger partial charge in [-0.05, 0) is 41.5 Å². The molecule has 3 rings (SSSR count). The van der Waals surface area contributed by atoms with Crippen LogP contribution in [-0.4, -0.2) is 27.1 Å². The molecule has 162 valence electrons. The van der Waals surface area contributed by atoms with Crippen molar-refractivity contribution in [2.24, 2.45) is 0 Å². The minimum Gasteiger partial charge on any atom is -0.489 e. The Morgan fingerprint density at radius 2 is 1.61 bits per heavy atom. The molecule has 0 saturated heterocycles. The quantitative estimate of drug-likeness (QED) is 0.525. The van der Waals surface area contributed by atoms with Crippen LogP contribution in [0.1, 0.15) is 11.1 Å². The number of nitrogens with one attached hydrogen (secondary N) is 1. The Labute approximate surface area is 187 Å². The number of hydrogen-bond acceptors (Lipinski definition) is 4. The predicted octanol–water partition coefficient (Wildman–Crippen LogP) is 4.00. The van der Waals surface area contributed by atoms with Gasteiger partial charge in [-0.15, -0.1) is 0 Å². The van der Waals surface area contributed by atoms with Gasteiger partial charge in [-0.25, -0.2) is 8.42 Å². The molecule has 0 atom stereocenters. The maximum Gasteiger partial charge on any atom is 0.241 e. The van der Waals surface area contributed by atoms with Crippen molar-refractivity contribution in [2.45, 2.75) is 13.2 Å². The number of anilines is 1. The third kappa shape index (κ3) is 6.73. The highest BCUT2D eigenvalue weighted by Crippen LogP contribution is 2.22. The smallest absolute Gasteiger partial charge is 0.241 e. The summed E-state index contributed by atoms with van der Waals surface area (Å²) in [7, 11) is -3.67. The van der Waals surface area contributed by atoms with E-state index in [1.54, 1.807) is 42.5 Å². The molecule has 1 amide bonds. The lowest BCUT2D eigenvalue weighted by Crippen LogP contribution is -2.40. The summed E-state index contributed by atoms with van der Waals surface area (Å²) in [6, 6.07) is 23.4. The summed E-state index contributed by atoms with van der Waals surface area (Å²) in [4.78, 5) is 12.4. The van der Waals surface area contributed by atoms with E-state index in [2.05, 4.69) is 5.32 Å². The molecule has 0 aromatic heterocycles. The van der Waals surface area contributed by atoms with Gasteiger partial charge in [-0.2, -0.15) is 0 Å². The third-order valence-electron chi connectivity index (χ3n) is 4.49. The van der Waals surface area contributed by atoms with Gasteiger partial charge in [-0.3, -0.25) is 9.10 Å². The van der Waals surface area contributed by atoms with Crippen LogP contribution in [0.4, 0.5) is 5.69 Å². The largest absolute Gasteiger partial charge is 0.489 e. The van der Waals surface area contributed by atoms with Gasteiger partial charge in [0.25, 0.3) is 0 Å². The second-order valence-corrected chi connectivity index (χ2v) is 9.22. The first-order chi connectivity index (χ1) is 14.8. The Balaban J connectivity index is 1.63. The fraction of sp³-hybridized carbons (Fsp3) is 0.174. The third-order valence-corrected chi connectivity index (χ3v) is 6.00. The Bertz CT molecular complexity index is 1120. The van der Waals surface area contributed by atoms with Crippen LogP contribution in [0, 0.1) is 0 Å². The number of nitrogens with zero attached hydrogens (tertiary/aromatic N) is 1. The molecule has 8 heteroatoms. The molecule has 3 aromatic carbocycles. The van der Waals surface area contributed by atoms with Crippen LogP contribution in [0.5, 0.6) is 5.75 Å². The van der Waals surface area contributed by atoms with Crippen LogP contribution in [0.3, 0.4) is 0 Å². The molecule has 0 aliphatic carbocycles. The zero-order chi connectivity index (χ0) is 22.3. The summed E-state index contributed by atoms with van der Waals surface area (Å²) in [6.07, 6.45) is 1.06. The Morgan fingerprint density at radius 3 is 2.26 bits per heavy atom. The monoisotopic (exact) mass is 458 g/mol. The van der Waals surface area contributed by atoms with E-state index in [1.807, 2.05) is 36.4 Å². The predicted molar refractivity (Wildman–Crippen MR) is 123 cm³/mol. The molecule has 0 aliphatic heterocycles. The van der Waals surface area contributed by atoms with Crippen LogP contribution in [0.2, 0.25) is 5.02 Å². The minimum atomic E-state index is -3.67. The highest BCUT2D eigenvalue weighted by atomic mass is 35.5. The number of rotatable bonds is 9. The molecule has 1 N–H and O–H groups in total. The molecule has 0 saturated carbocycles. The number of hydrogen-bond donors (Lipinski definition) is 1. The first-order valence-corrected chi connectivity index (χ1v) is 11.8. The maximum atomic E-state index is 12.4. The lowest BCUT2D eigenvalue weighted by molar-refractivity contribution is -0.119. The summed E-state index contributed by atoms with van der Waals surface area (Å²) < 4.78 is 31.4. The van der Waals surface area contributed by atoms with E-state index in [4.69, 9.17) is 16.3 Å². The SMILES string of the molecule is CS(=O)(=O)N(CC(=O)NCc1ccccc1Cl)c1ccc(OCc2ccccc2)cc1. The Hall–Kier alpha value is -3.03. The van der Waals surface area contributed by atoms with Crippen molar-refractivity contribution in [3.8, 4) is 5.75 Å². The van der Waals surface area contributed by atoms with Crippen molar-refractivity contribution >= 4 is 33.2 Å². The molecule has 0 bridgehead atoms. The minimum absolute atomic E-state index is 0.211. The number of carbonyl (C=O) groups excluding carboxylic acids is 1. The average Bonchev–Trinajstić information content (AvgIpc) is 2.76. The van der Waals surface area contributed by atoms with Crippen molar-refractivity contribution in [1.29, 1.82) is 0 Å². The molecule has 0 unspecified atom stereocenters. The van der Waals surface area contributed by atoms with Crippen LogP contribution in [0.15, 0.2) is 78.9 Å². The zero-order valence-electron chi connectivity index (χ0n) is 17.0. The van der Waals surface area contributed by atoms with Gasteiger partial charge in [0.05, 0.1) is 11.9 Å². The second-order valence-electron chi connectivity index (χ2n) is 6.91. The van der Waals surface area contributed by atoms with E-state index in [1.165, 1.54) is 0 Å². The number of amides is 1. The molecule has 0 radical (unpaired) electrons. The number of sulfonamides is 1. The van der Waals surface area contributed by atoms with Crippen LogP contribution < -0.4 is 14.4 Å². The van der Waals surface area contributed by atoms with Crippen molar-refractivity contribution in [2.75, 3.05) is 17.1 Å². The lowest BCUT2D eigenvalue weighted by Gasteiger charge is -2.22. The summed E-state index contributed by atoms with van der Waals surface area (Å²) in [5.41, 5.74) is 2.16. The fourth-order valence-electron chi connectivity index (χ4n) is 2.87. The van der Waals surface area contributed by atoms with E-state index in [-0.39, 0.29) is 13.1 Å². The zero-order valence-corrected chi connectivity index (χ0v) is 18.6. The highest BCUT2D eigenvalue weighted by Gasteiger charge is 2.21. The van der Waals surface area contributed by atoms with Gasteiger partial charge >= 0.3 is 0 Å². The summed E-state index contributed by atoms with van der Waals surface area (Å²) in [5, 5.41) is 3.24. The molecule has 0 fully saturated rings. The molecule has 31 heavy (non-hydrogen) atoms. The normalized spacial score (nSPS) is 11.0. The number of halogens is 1. The fourth-order valence-corrected chi connectivity index (χ4v) is 3.93. The van der Waals surface area contributed by atoms with E-state index in [9.17, 15) is 13.2 Å². The standard InChI is InChI=1S/C23H23ClN2O4S/c1-31(28,29)26(16-23(27)25-15-19-9-5-6-10-22(19)24)20-11-13-21(14-12-20)30-17-18-7-3-2-4-8-18/h2-14H,15-17H2,1H3,(H,25,27). The average molecular weight is 459 g/mol. The van der Waals surface area contributed by atoms with Gasteiger partial charge in [0, 0.05) is 11.6 Å². The topological polar surface area (TPSA) is 75.7 Å². The molecule has 0 heterocycles. The van der Waals surface area contributed by atoms with Crippen LogP contribution >= 0.6 is 11.6 Å². The van der Waals surface area contributed by atoms with Crippen molar-refractivity contribution in [3.63, 3.8) is 0 Å². The van der Waals surface area contributed by atoms with Gasteiger partial charge in [0.2, 0.25) is 15.9 Å². The summed E-state index contributed by atoms with van der Waals surface area (Å²) in [6.45, 7) is 0.274. The molecule has 0 spiro atoms. The molecule has 0 aliphatic rings. The van der Waals surface area contributed by atoms with E-state index in [0.29, 0.717) is 23.1 Å². The van der Waals surface area contributed by atoms with Gasteiger partial charge in [0.1, 0.15) is 18.9 Å². The number of ether oxygens (including phenoxy) is 1. The van der Waals surface area contributed by atoms with Crippen molar-refractivity contribution in [1.82, 2.24) is 5.32 Å². The molecule has 6 nitrogen and oxygen atoms in total. The van der Waals surface area contributed by atoms with E-state index < -0.39 is 15.9 Å². The number of carbonyl (C=O) groups is 1. The second kappa shape index (κ2) is 10.3. The molecular weight excluding hydrogens is 436 g/mol. The first kappa shape index (κ1) is 22.7. The number of benzene rings is 3. The summed E-state index contributed by atoms with van der Waals surface area (Å²) >= 11 is 6.09. The lowest BCUT2D eigenvalue weighted by atomic mass is 10.2. The van der Waals surface area contributed by atoms with Gasteiger partial charge in [-0.1, -0.05) is 60.1 Å². The van der Waals surface area contributed by atoms with E-state index in [0.717, 1.165) is 21.7 Å². The molecular formula is C23H23ClN2O4S.